The summed E-state index contributed by atoms with van der Waals surface area (Å²) in [5, 5.41) is 2.85. The molecule has 0 atom stereocenters. The summed E-state index contributed by atoms with van der Waals surface area (Å²) in [6, 6.07) is 18.3. The van der Waals surface area contributed by atoms with Crippen LogP contribution in [0.25, 0.3) is 11.3 Å². The highest BCUT2D eigenvalue weighted by molar-refractivity contribution is 9.10. The number of hydrogen-bond acceptors (Lipinski definition) is 4. The molecule has 2 aromatic carbocycles. The van der Waals surface area contributed by atoms with Crippen molar-refractivity contribution in [3.8, 4) is 11.3 Å². The Hall–Kier alpha value is -2.71. The SMILES string of the molecule is Cc1nc(-c2cccc(Br)c2)ccc1C(=O)NCc1cccc(NS(C)(=O)=O)c1. The van der Waals surface area contributed by atoms with Gasteiger partial charge >= 0.3 is 0 Å². The quantitative estimate of drug-likeness (QED) is 0.563. The first-order valence-electron chi connectivity index (χ1n) is 8.80. The minimum atomic E-state index is -3.35. The molecule has 0 fully saturated rings. The normalized spacial score (nSPS) is 11.1. The standard InChI is InChI=1S/C21H20BrN3O3S/c1-14-19(9-10-20(24-14)16-6-4-7-17(22)12-16)21(26)23-13-15-5-3-8-18(11-15)25-29(2,27)28/h3-12,25H,13H2,1-2H3,(H,23,26). The van der Waals surface area contributed by atoms with E-state index in [2.05, 4.69) is 31.0 Å². The fraction of sp³-hybridized carbons (Fsp3) is 0.143. The Morgan fingerprint density at radius 1 is 1.07 bits per heavy atom. The molecule has 2 N–H and O–H groups in total. The molecule has 1 amide bonds. The van der Waals surface area contributed by atoms with Gasteiger partial charge in [0.2, 0.25) is 10.0 Å². The van der Waals surface area contributed by atoms with Crippen molar-refractivity contribution in [2.75, 3.05) is 11.0 Å². The smallest absolute Gasteiger partial charge is 0.253 e. The van der Waals surface area contributed by atoms with Gasteiger partial charge in [0, 0.05) is 22.3 Å². The van der Waals surface area contributed by atoms with E-state index in [4.69, 9.17) is 0 Å². The topological polar surface area (TPSA) is 88.2 Å². The third-order valence-electron chi connectivity index (χ3n) is 4.13. The molecule has 29 heavy (non-hydrogen) atoms. The third-order valence-corrected chi connectivity index (χ3v) is 5.23. The summed E-state index contributed by atoms with van der Waals surface area (Å²) in [4.78, 5) is 17.1. The van der Waals surface area contributed by atoms with E-state index in [1.807, 2.05) is 36.4 Å². The molecule has 0 unspecified atom stereocenters. The van der Waals surface area contributed by atoms with Crippen LogP contribution in [0.1, 0.15) is 21.6 Å². The zero-order valence-corrected chi connectivity index (χ0v) is 18.3. The predicted molar refractivity (Wildman–Crippen MR) is 118 cm³/mol. The fourth-order valence-electron chi connectivity index (χ4n) is 2.85. The number of anilines is 1. The van der Waals surface area contributed by atoms with Crippen LogP contribution < -0.4 is 10.0 Å². The van der Waals surface area contributed by atoms with Crippen molar-refractivity contribution in [2.24, 2.45) is 0 Å². The monoisotopic (exact) mass is 473 g/mol. The molecular formula is C21H20BrN3O3S. The molecule has 1 heterocycles. The van der Waals surface area contributed by atoms with E-state index in [-0.39, 0.29) is 12.5 Å². The highest BCUT2D eigenvalue weighted by Gasteiger charge is 2.12. The van der Waals surface area contributed by atoms with Gasteiger partial charge < -0.3 is 5.32 Å². The number of carbonyl (C=O) groups is 1. The highest BCUT2D eigenvalue weighted by Crippen LogP contribution is 2.22. The van der Waals surface area contributed by atoms with Crippen molar-refractivity contribution in [1.82, 2.24) is 10.3 Å². The second kappa shape index (κ2) is 8.75. The van der Waals surface area contributed by atoms with E-state index in [0.717, 1.165) is 27.5 Å². The summed E-state index contributed by atoms with van der Waals surface area (Å²) in [7, 11) is -3.35. The van der Waals surface area contributed by atoms with Crippen molar-refractivity contribution in [1.29, 1.82) is 0 Å². The Morgan fingerprint density at radius 3 is 2.52 bits per heavy atom. The van der Waals surface area contributed by atoms with Crippen LogP contribution in [0, 0.1) is 6.92 Å². The summed E-state index contributed by atoms with van der Waals surface area (Å²) in [6.07, 6.45) is 1.09. The van der Waals surface area contributed by atoms with Crippen LogP contribution in [-0.4, -0.2) is 25.6 Å². The second-order valence-corrected chi connectivity index (χ2v) is 9.26. The molecule has 0 radical (unpaired) electrons. The minimum absolute atomic E-state index is 0.239. The van der Waals surface area contributed by atoms with E-state index >= 15 is 0 Å². The Kier molecular flexibility index (Phi) is 6.34. The summed E-state index contributed by atoms with van der Waals surface area (Å²) in [6.45, 7) is 2.07. The summed E-state index contributed by atoms with van der Waals surface area (Å²) < 4.78 is 26.1. The summed E-state index contributed by atoms with van der Waals surface area (Å²) in [5.74, 6) is -0.239. The molecule has 0 aliphatic rings. The molecular weight excluding hydrogens is 454 g/mol. The fourth-order valence-corrected chi connectivity index (χ4v) is 3.80. The molecule has 0 spiro atoms. The molecule has 8 heteroatoms. The van der Waals surface area contributed by atoms with Crippen molar-refractivity contribution >= 4 is 37.5 Å². The Morgan fingerprint density at radius 2 is 1.83 bits per heavy atom. The first-order chi connectivity index (χ1) is 13.7. The molecule has 1 aromatic heterocycles. The number of nitrogens with zero attached hydrogens (tertiary/aromatic N) is 1. The lowest BCUT2D eigenvalue weighted by Crippen LogP contribution is -2.24. The molecule has 150 valence electrons. The zero-order valence-electron chi connectivity index (χ0n) is 15.9. The molecule has 0 aliphatic heterocycles. The number of pyridine rings is 1. The van der Waals surface area contributed by atoms with Crippen LogP contribution >= 0.6 is 15.9 Å². The minimum Gasteiger partial charge on any atom is -0.348 e. The van der Waals surface area contributed by atoms with Crippen molar-refractivity contribution in [2.45, 2.75) is 13.5 Å². The van der Waals surface area contributed by atoms with Crippen LogP contribution in [0.4, 0.5) is 5.69 Å². The number of carbonyl (C=O) groups excluding carboxylic acids is 1. The lowest BCUT2D eigenvalue weighted by atomic mass is 10.1. The van der Waals surface area contributed by atoms with Gasteiger partial charge in [-0.1, -0.05) is 40.2 Å². The number of aromatic nitrogens is 1. The van der Waals surface area contributed by atoms with Crippen LogP contribution in [0.3, 0.4) is 0 Å². The van der Waals surface area contributed by atoms with Gasteiger partial charge in [-0.15, -0.1) is 0 Å². The molecule has 3 aromatic rings. The molecule has 0 saturated carbocycles. The number of halogens is 1. The van der Waals surface area contributed by atoms with E-state index < -0.39 is 10.0 Å². The lowest BCUT2D eigenvalue weighted by Gasteiger charge is -2.10. The van der Waals surface area contributed by atoms with Gasteiger partial charge in [0.05, 0.1) is 23.2 Å². The number of sulfonamides is 1. The van der Waals surface area contributed by atoms with Crippen molar-refractivity contribution < 1.29 is 13.2 Å². The number of benzene rings is 2. The zero-order chi connectivity index (χ0) is 21.0. The van der Waals surface area contributed by atoms with Gasteiger partial charge in [-0.05, 0) is 48.9 Å². The number of amides is 1. The first kappa shape index (κ1) is 21.0. The average Bonchev–Trinajstić information content (AvgIpc) is 2.65. The maximum atomic E-state index is 12.6. The van der Waals surface area contributed by atoms with Gasteiger partial charge in [0.15, 0.2) is 0 Å². The van der Waals surface area contributed by atoms with Gasteiger partial charge in [-0.3, -0.25) is 14.5 Å². The van der Waals surface area contributed by atoms with Gasteiger partial charge in [-0.2, -0.15) is 0 Å². The predicted octanol–water partition coefficient (Wildman–Crippen LogP) is 4.12. The lowest BCUT2D eigenvalue weighted by molar-refractivity contribution is 0.0950. The molecule has 0 aliphatic carbocycles. The number of nitrogens with one attached hydrogen (secondary N) is 2. The second-order valence-electron chi connectivity index (χ2n) is 6.60. The van der Waals surface area contributed by atoms with E-state index in [1.54, 1.807) is 31.2 Å². The third kappa shape index (κ3) is 5.88. The maximum Gasteiger partial charge on any atom is 0.253 e. The number of aryl methyl sites for hydroxylation is 1. The molecule has 3 rings (SSSR count). The van der Waals surface area contributed by atoms with Crippen LogP contribution in [-0.2, 0) is 16.6 Å². The van der Waals surface area contributed by atoms with Gasteiger partial charge in [-0.25, -0.2) is 8.42 Å². The van der Waals surface area contributed by atoms with Crippen molar-refractivity contribution in [3.63, 3.8) is 0 Å². The molecule has 6 nitrogen and oxygen atoms in total. The summed E-state index contributed by atoms with van der Waals surface area (Å²) in [5.41, 5.74) is 4.12. The van der Waals surface area contributed by atoms with E-state index in [0.29, 0.717) is 16.9 Å². The Bertz CT molecular complexity index is 1160. The summed E-state index contributed by atoms with van der Waals surface area (Å²) >= 11 is 3.45. The van der Waals surface area contributed by atoms with Crippen molar-refractivity contribution in [3.05, 3.63) is 82.0 Å². The van der Waals surface area contributed by atoms with Crippen LogP contribution in [0.15, 0.2) is 65.1 Å². The maximum absolute atomic E-state index is 12.6. The van der Waals surface area contributed by atoms with E-state index in [1.165, 1.54) is 0 Å². The van der Waals surface area contributed by atoms with Crippen LogP contribution in [0.5, 0.6) is 0 Å². The largest absolute Gasteiger partial charge is 0.348 e. The average molecular weight is 474 g/mol. The van der Waals surface area contributed by atoms with E-state index in [9.17, 15) is 13.2 Å². The van der Waals surface area contributed by atoms with Gasteiger partial charge in [0.25, 0.3) is 5.91 Å². The first-order valence-corrected chi connectivity index (χ1v) is 11.5. The Balaban J connectivity index is 1.71. The molecule has 0 saturated heterocycles. The highest BCUT2D eigenvalue weighted by atomic mass is 79.9. The number of rotatable bonds is 6. The van der Waals surface area contributed by atoms with Crippen LogP contribution in [0.2, 0.25) is 0 Å². The molecule has 0 bridgehead atoms. The van der Waals surface area contributed by atoms with Gasteiger partial charge in [0.1, 0.15) is 0 Å². The number of hydrogen-bond donors (Lipinski definition) is 2. The Labute approximate surface area is 178 Å².